The molecule has 2 heterocycles. The lowest BCUT2D eigenvalue weighted by Gasteiger charge is -2.26. The number of hydrogen-bond donors (Lipinski definition) is 2. The molecule has 2 amide bonds. The lowest BCUT2D eigenvalue weighted by molar-refractivity contribution is 0.126. The zero-order valence-electron chi connectivity index (χ0n) is 13.7. The van der Waals surface area contributed by atoms with Crippen molar-refractivity contribution in [1.29, 1.82) is 0 Å². The highest BCUT2D eigenvalue weighted by Crippen LogP contribution is 2.27. The quantitative estimate of drug-likeness (QED) is 0.877. The number of likely N-dealkylation sites (tertiary alicyclic amines) is 1. The molecule has 2 aromatic rings. The van der Waals surface area contributed by atoms with E-state index < -0.39 is 6.10 Å². The third kappa shape index (κ3) is 3.91. The molecule has 0 spiro atoms. The fourth-order valence-electron chi connectivity index (χ4n) is 3.09. The number of aliphatic hydroxyl groups is 1. The maximum Gasteiger partial charge on any atom is 0.318 e. The molecule has 1 aliphatic rings. The number of benzene rings is 1. The number of carbonyl (C=O) groups excluding carboxylic acids is 1. The molecule has 1 fully saturated rings. The molecule has 0 aliphatic carbocycles. The molecule has 1 aliphatic heterocycles. The van der Waals surface area contributed by atoms with Crippen LogP contribution in [0.1, 0.15) is 42.6 Å². The average molecular weight is 330 g/mol. The Morgan fingerprint density at radius 3 is 2.96 bits per heavy atom. The zero-order valence-corrected chi connectivity index (χ0v) is 13.7. The standard InChI is InChI=1S/C17H22N4O3/c1-12-19-16(20-24-12)11-18-17(23)21-9-5-8-14(21)10-15(22)13-6-3-2-4-7-13/h2-4,6-7,14-15,22H,5,8-11H2,1H3,(H,18,23). The molecular formula is C17H22N4O3. The summed E-state index contributed by atoms with van der Waals surface area (Å²) in [6, 6.07) is 9.43. The molecule has 3 rings (SSSR count). The van der Waals surface area contributed by atoms with E-state index in [2.05, 4.69) is 15.5 Å². The summed E-state index contributed by atoms with van der Waals surface area (Å²) in [5.41, 5.74) is 0.882. The monoisotopic (exact) mass is 330 g/mol. The molecule has 7 nitrogen and oxygen atoms in total. The number of hydrogen-bond acceptors (Lipinski definition) is 5. The van der Waals surface area contributed by atoms with Crippen molar-refractivity contribution in [3.63, 3.8) is 0 Å². The molecule has 128 valence electrons. The summed E-state index contributed by atoms with van der Waals surface area (Å²) in [4.78, 5) is 18.3. The average Bonchev–Trinajstić information content (AvgIpc) is 3.22. The highest BCUT2D eigenvalue weighted by molar-refractivity contribution is 5.74. The fourth-order valence-corrected chi connectivity index (χ4v) is 3.09. The van der Waals surface area contributed by atoms with Gasteiger partial charge in [-0.1, -0.05) is 35.5 Å². The van der Waals surface area contributed by atoms with Crippen LogP contribution in [0.5, 0.6) is 0 Å². The van der Waals surface area contributed by atoms with Crippen LogP contribution >= 0.6 is 0 Å². The number of amides is 2. The molecule has 24 heavy (non-hydrogen) atoms. The van der Waals surface area contributed by atoms with Gasteiger partial charge >= 0.3 is 6.03 Å². The van der Waals surface area contributed by atoms with Crippen LogP contribution in [0.2, 0.25) is 0 Å². The summed E-state index contributed by atoms with van der Waals surface area (Å²) in [7, 11) is 0. The Morgan fingerprint density at radius 2 is 2.25 bits per heavy atom. The van der Waals surface area contributed by atoms with E-state index in [9.17, 15) is 9.90 Å². The predicted octanol–water partition coefficient (Wildman–Crippen LogP) is 2.18. The predicted molar refractivity (Wildman–Crippen MR) is 87.0 cm³/mol. The lowest BCUT2D eigenvalue weighted by Crippen LogP contribution is -2.43. The second kappa shape index (κ2) is 7.44. The number of rotatable bonds is 5. The van der Waals surface area contributed by atoms with Gasteiger partial charge in [0, 0.05) is 19.5 Å². The molecule has 0 saturated carbocycles. The van der Waals surface area contributed by atoms with Crippen LogP contribution in [0, 0.1) is 6.92 Å². The Kier molecular flexibility index (Phi) is 5.10. The highest BCUT2D eigenvalue weighted by Gasteiger charge is 2.30. The molecule has 7 heteroatoms. The summed E-state index contributed by atoms with van der Waals surface area (Å²) >= 11 is 0. The van der Waals surface area contributed by atoms with E-state index in [1.807, 2.05) is 30.3 Å². The second-order valence-electron chi connectivity index (χ2n) is 6.04. The number of nitrogens with zero attached hydrogens (tertiary/aromatic N) is 3. The number of nitrogens with one attached hydrogen (secondary N) is 1. The minimum Gasteiger partial charge on any atom is -0.388 e. The van der Waals surface area contributed by atoms with Crippen LogP contribution in [0.15, 0.2) is 34.9 Å². The van der Waals surface area contributed by atoms with Gasteiger partial charge in [-0.3, -0.25) is 0 Å². The number of urea groups is 1. The first-order chi connectivity index (χ1) is 11.6. The van der Waals surface area contributed by atoms with Crippen molar-refractivity contribution in [2.45, 2.75) is 44.9 Å². The minimum absolute atomic E-state index is 0.0345. The Balaban J connectivity index is 1.55. The van der Waals surface area contributed by atoms with Gasteiger partial charge in [0.2, 0.25) is 5.89 Å². The summed E-state index contributed by atoms with van der Waals surface area (Å²) in [5.74, 6) is 0.935. The number of aliphatic hydroxyl groups excluding tert-OH is 1. The maximum atomic E-state index is 12.4. The van der Waals surface area contributed by atoms with Gasteiger partial charge in [-0.2, -0.15) is 4.98 Å². The smallest absolute Gasteiger partial charge is 0.318 e. The number of aromatic nitrogens is 2. The van der Waals surface area contributed by atoms with Crippen molar-refractivity contribution in [2.75, 3.05) is 6.54 Å². The molecular weight excluding hydrogens is 308 g/mol. The number of carbonyl (C=O) groups is 1. The SMILES string of the molecule is Cc1nc(CNC(=O)N2CCCC2CC(O)c2ccccc2)no1. The first kappa shape index (κ1) is 16.4. The normalized spacial score (nSPS) is 18.6. The second-order valence-corrected chi connectivity index (χ2v) is 6.04. The van der Waals surface area contributed by atoms with Crippen molar-refractivity contribution in [2.24, 2.45) is 0 Å². The van der Waals surface area contributed by atoms with Crippen LogP contribution in [-0.2, 0) is 6.54 Å². The van der Waals surface area contributed by atoms with E-state index in [-0.39, 0.29) is 18.6 Å². The Labute approximate surface area is 140 Å². The Bertz CT molecular complexity index is 673. The van der Waals surface area contributed by atoms with Gasteiger partial charge in [-0.25, -0.2) is 4.79 Å². The third-order valence-corrected chi connectivity index (χ3v) is 4.29. The van der Waals surface area contributed by atoms with Gasteiger partial charge in [0.25, 0.3) is 0 Å². The Hall–Kier alpha value is -2.41. The van der Waals surface area contributed by atoms with Gasteiger partial charge in [-0.15, -0.1) is 0 Å². The molecule has 2 unspecified atom stereocenters. The highest BCUT2D eigenvalue weighted by atomic mass is 16.5. The van der Waals surface area contributed by atoms with Crippen LogP contribution in [0.25, 0.3) is 0 Å². The Morgan fingerprint density at radius 1 is 1.46 bits per heavy atom. The van der Waals surface area contributed by atoms with Crippen molar-refractivity contribution in [3.8, 4) is 0 Å². The van der Waals surface area contributed by atoms with Gasteiger partial charge in [0.05, 0.1) is 12.6 Å². The third-order valence-electron chi connectivity index (χ3n) is 4.29. The van der Waals surface area contributed by atoms with Crippen molar-refractivity contribution < 1.29 is 14.4 Å². The van der Waals surface area contributed by atoms with Crippen LogP contribution in [-0.4, -0.2) is 38.8 Å². The van der Waals surface area contributed by atoms with E-state index in [0.29, 0.717) is 24.7 Å². The minimum atomic E-state index is -0.565. The molecule has 0 bridgehead atoms. The van der Waals surface area contributed by atoms with E-state index in [1.165, 1.54) is 0 Å². The van der Waals surface area contributed by atoms with Gasteiger partial charge in [-0.05, 0) is 24.8 Å². The summed E-state index contributed by atoms with van der Waals surface area (Å²) in [6.45, 7) is 2.64. The molecule has 1 aromatic heterocycles. The van der Waals surface area contributed by atoms with Gasteiger partial charge < -0.3 is 19.8 Å². The van der Waals surface area contributed by atoms with Crippen LogP contribution in [0.3, 0.4) is 0 Å². The van der Waals surface area contributed by atoms with Crippen molar-refractivity contribution in [1.82, 2.24) is 20.4 Å². The lowest BCUT2D eigenvalue weighted by atomic mass is 10.0. The topological polar surface area (TPSA) is 91.5 Å². The van der Waals surface area contributed by atoms with E-state index in [4.69, 9.17) is 4.52 Å². The van der Waals surface area contributed by atoms with Crippen LogP contribution in [0.4, 0.5) is 4.79 Å². The first-order valence-corrected chi connectivity index (χ1v) is 8.20. The molecule has 2 atom stereocenters. The molecule has 1 saturated heterocycles. The fraction of sp³-hybridized carbons (Fsp3) is 0.471. The van der Waals surface area contributed by atoms with E-state index >= 15 is 0 Å². The molecule has 0 radical (unpaired) electrons. The van der Waals surface area contributed by atoms with E-state index in [0.717, 1.165) is 18.4 Å². The first-order valence-electron chi connectivity index (χ1n) is 8.20. The largest absolute Gasteiger partial charge is 0.388 e. The maximum absolute atomic E-state index is 12.4. The summed E-state index contributed by atoms with van der Waals surface area (Å²) in [6.07, 6.45) is 1.82. The van der Waals surface area contributed by atoms with Crippen LogP contribution < -0.4 is 5.32 Å². The van der Waals surface area contributed by atoms with Gasteiger partial charge in [0.1, 0.15) is 0 Å². The molecule has 1 aromatic carbocycles. The van der Waals surface area contributed by atoms with Crippen molar-refractivity contribution >= 4 is 6.03 Å². The zero-order chi connectivity index (χ0) is 16.9. The van der Waals surface area contributed by atoms with Crippen molar-refractivity contribution in [3.05, 3.63) is 47.6 Å². The summed E-state index contributed by atoms with van der Waals surface area (Å²) < 4.78 is 4.89. The van der Waals surface area contributed by atoms with Gasteiger partial charge in [0.15, 0.2) is 5.82 Å². The summed E-state index contributed by atoms with van der Waals surface area (Å²) in [5, 5.41) is 17.0. The molecule has 2 N–H and O–H groups in total. The number of aryl methyl sites for hydroxylation is 1. The van der Waals surface area contributed by atoms with E-state index in [1.54, 1.807) is 11.8 Å².